The molecule has 0 amide bonds. The van der Waals surface area contributed by atoms with Crippen molar-refractivity contribution in [2.45, 2.75) is 12.8 Å². The lowest BCUT2D eigenvalue weighted by atomic mass is 9.99. The molecule has 2 aromatic carbocycles. The maximum absolute atomic E-state index is 12.2. The Kier molecular flexibility index (Phi) is 4.63. The Balaban J connectivity index is 2.14. The molecule has 1 heterocycles. The van der Waals surface area contributed by atoms with Gasteiger partial charge in [0.05, 0.1) is 11.9 Å². The molecule has 0 atom stereocenters. The van der Waals surface area contributed by atoms with Gasteiger partial charge in [-0.05, 0) is 17.2 Å². The summed E-state index contributed by atoms with van der Waals surface area (Å²) in [7, 11) is 0. The van der Waals surface area contributed by atoms with Crippen LogP contribution in [-0.4, -0.2) is 26.9 Å². The Morgan fingerprint density at radius 3 is 2.42 bits per heavy atom. The molecule has 0 fully saturated rings. The number of aromatic hydroxyl groups is 1. The normalized spacial score (nSPS) is 10.4. The van der Waals surface area contributed by atoms with Crippen molar-refractivity contribution in [3.8, 4) is 22.9 Å². The summed E-state index contributed by atoms with van der Waals surface area (Å²) < 4.78 is 0. The predicted octanol–water partition coefficient (Wildman–Crippen LogP) is 3.53. The lowest BCUT2D eigenvalue weighted by molar-refractivity contribution is -0.136. The van der Waals surface area contributed by atoms with Crippen LogP contribution >= 0.6 is 0 Å². The number of benzene rings is 2. The minimum atomic E-state index is -1.12. The van der Waals surface area contributed by atoms with E-state index in [2.05, 4.69) is 4.98 Å². The van der Waals surface area contributed by atoms with Gasteiger partial charge in [-0.3, -0.25) is 9.59 Å². The van der Waals surface area contributed by atoms with Crippen LogP contribution < -0.4 is 0 Å². The molecule has 0 aliphatic heterocycles. The van der Waals surface area contributed by atoms with Gasteiger partial charge >= 0.3 is 5.97 Å². The molecule has 26 heavy (non-hydrogen) atoms. The first-order valence-electron chi connectivity index (χ1n) is 7.88. The van der Waals surface area contributed by atoms with Crippen LogP contribution in [0.2, 0.25) is 0 Å². The minimum absolute atomic E-state index is 0.0479. The molecule has 0 aliphatic rings. The molecule has 0 saturated heterocycles. The monoisotopic (exact) mass is 346 g/mol. The average Bonchev–Trinajstić information content (AvgIpc) is 2.66. The maximum atomic E-state index is 12.2. The highest BCUT2D eigenvalue weighted by atomic mass is 16.4. The van der Waals surface area contributed by atoms with Gasteiger partial charge in [0, 0.05) is 11.8 Å². The lowest BCUT2D eigenvalue weighted by Gasteiger charge is -2.09. The third-order valence-corrected chi connectivity index (χ3v) is 4.01. The second-order valence-corrected chi connectivity index (χ2v) is 5.71. The van der Waals surface area contributed by atoms with Crippen LogP contribution in [0, 0.1) is 11.3 Å². The van der Waals surface area contributed by atoms with Crippen LogP contribution in [0.5, 0.6) is 5.75 Å². The highest BCUT2D eigenvalue weighted by Gasteiger charge is 2.20. The largest absolute Gasteiger partial charge is 0.504 e. The summed E-state index contributed by atoms with van der Waals surface area (Å²) in [6, 6.07) is 16.6. The molecule has 0 saturated carbocycles. The highest BCUT2D eigenvalue weighted by Crippen LogP contribution is 2.32. The van der Waals surface area contributed by atoms with Crippen LogP contribution in [-0.2, 0) is 4.79 Å². The third kappa shape index (κ3) is 3.23. The first-order valence-corrected chi connectivity index (χ1v) is 7.88. The summed E-state index contributed by atoms with van der Waals surface area (Å²) in [5.74, 6) is -2.25. The summed E-state index contributed by atoms with van der Waals surface area (Å²) in [4.78, 5) is 27.1. The fourth-order valence-corrected chi connectivity index (χ4v) is 2.71. The number of nitriles is 1. The molecule has 0 bridgehead atoms. The Bertz CT molecular complexity index is 1050. The summed E-state index contributed by atoms with van der Waals surface area (Å²) in [6.07, 6.45) is -0.672. The Morgan fingerprint density at radius 2 is 1.77 bits per heavy atom. The molecular weight excluding hydrogens is 332 g/mol. The van der Waals surface area contributed by atoms with Gasteiger partial charge in [0.1, 0.15) is 17.3 Å². The molecule has 1 aromatic heterocycles. The summed E-state index contributed by atoms with van der Waals surface area (Å²) >= 11 is 0. The van der Waals surface area contributed by atoms with Crippen LogP contribution in [0.3, 0.4) is 0 Å². The molecule has 0 unspecified atom stereocenters. The molecule has 0 aliphatic carbocycles. The number of pyridine rings is 1. The zero-order valence-electron chi connectivity index (χ0n) is 13.6. The number of aromatic nitrogens is 1. The number of carboxylic acid groups (broad SMARTS) is 1. The number of fused-ring (bicyclic) bond motifs is 1. The maximum Gasteiger partial charge on any atom is 0.303 e. The van der Waals surface area contributed by atoms with Crippen molar-refractivity contribution < 1.29 is 19.8 Å². The first-order chi connectivity index (χ1) is 12.5. The fraction of sp³-hybridized carbons (Fsp3) is 0.100. The van der Waals surface area contributed by atoms with Gasteiger partial charge in [-0.15, -0.1) is 0 Å². The van der Waals surface area contributed by atoms with Crippen molar-refractivity contribution in [2.75, 3.05) is 0 Å². The van der Waals surface area contributed by atoms with E-state index in [-0.39, 0.29) is 24.1 Å². The van der Waals surface area contributed by atoms with E-state index in [1.807, 2.05) is 42.5 Å². The number of nitrogens with zero attached hydrogens (tertiary/aromatic N) is 2. The second-order valence-electron chi connectivity index (χ2n) is 5.71. The lowest BCUT2D eigenvalue weighted by Crippen LogP contribution is -2.07. The van der Waals surface area contributed by atoms with Crippen molar-refractivity contribution in [2.24, 2.45) is 0 Å². The van der Waals surface area contributed by atoms with Gasteiger partial charge in [-0.25, -0.2) is 4.98 Å². The zero-order valence-corrected chi connectivity index (χ0v) is 13.6. The number of hydrogen-bond donors (Lipinski definition) is 2. The van der Waals surface area contributed by atoms with Crippen molar-refractivity contribution in [1.82, 2.24) is 4.98 Å². The molecule has 6 nitrogen and oxygen atoms in total. The van der Waals surface area contributed by atoms with Crippen molar-refractivity contribution in [1.29, 1.82) is 5.26 Å². The van der Waals surface area contributed by atoms with Crippen molar-refractivity contribution >= 4 is 22.7 Å². The number of rotatable bonds is 5. The summed E-state index contributed by atoms with van der Waals surface area (Å²) in [5, 5.41) is 28.8. The van der Waals surface area contributed by atoms with E-state index in [4.69, 9.17) is 5.11 Å². The second kappa shape index (κ2) is 7.03. The van der Waals surface area contributed by atoms with Gasteiger partial charge in [-0.1, -0.05) is 42.5 Å². The number of carbonyl (C=O) groups is 2. The van der Waals surface area contributed by atoms with E-state index in [0.29, 0.717) is 10.9 Å². The summed E-state index contributed by atoms with van der Waals surface area (Å²) in [5.41, 5.74) is 1.86. The number of carbonyl (C=O) groups excluding carboxylic acids is 1. The Morgan fingerprint density at radius 1 is 1.04 bits per heavy atom. The van der Waals surface area contributed by atoms with Gasteiger partial charge in [-0.2, -0.15) is 5.26 Å². The summed E-state index contributed by atoms with van der Waals surface area (Å²) in [6.45, 7) is 0. The Labute approximate surface area is 149 Å². The number of carboxylic acids is 1. The molecule has 6 heteroatoms. The molecule has 128 valence electrons. The smallest absolute Gasteiger partial charge is 0.303 e. The molecule has 0 radical (unpaired) electrons. The fourth-order valence-electron chi connectivity index (χ4n) is 2.71. The van der Waals surface area contributed by atoms with E-state index in [1.165, 1.54) is 0 Å². The standard InChI is InChI=1S/C20H14N2O4/c21-11-15-14-7-6-13(12-4-2-1-3-5-12)10-16(14)22-19(20(15)26)17(23)8-9-18(24)25/h1-7,10,26H,8-9H2,(H,24,25). The number of hydrogen-bond acceptors (Lipinski definition) is 5. The van der Waals surface area contributed by atoms with Crippen LogP contribution in [0.1, 0.15) is 28.9 Å². The van der Waals surface area contributed by atoms with E-state index >= 15 is 0 Å². The number of ketones is 1. The van der Waals surface area contributed by atoms with Crippen LogP contribution in [0.25, 0.3) is 22.0 Å². The SMILES string of the molecule is N#Cc1c(O)c(C(=O)CCC(=O)O)nc2cc(-c3ccccc3)ccc12. The molecule has 2 N–H and O–H groups in total. The predicted molar refractivity (Wildman–Crippen MR) is 94.8 cm³/mol. The topological polar surface area (TPSA) is 111 Å². The molecular formula is C20H14N2O4. The van der Waals surface area contributed by atoms with E-state index in [9.17, 15) is 20.0 Å². The molecule has 0 spiro atoms. The van der Waals surface area contributed by atoms with Crippen LogP contribution in [0.15, 0.2) is 48.5 Å². The van der Waals surface area contributed by atoms with Crippen LogP contribution in [0.4, 0.5) is 0 Å². The number of Topliss-reactive ketones (excluding diaryl/α,β-unsaturated/α-hetero) is 1. The first kappa shape index (κ1) is 17.1. The number of aliphatic carboxylic acids is 1. The van der Waals surface area contributed by atoms with Gasteiger partial charge in [0.2, 0.25) is 0 Å². The third-order valence-electron chi connectivity index (χ3n) is 4.01. The molecule has 3 rings (SSSR count). The average molecular weight is 346 g/mol. The van der Waals surface area contributed by atoms with Crippen molar-refractivity contribution in [3.63, 3.8) is 0 Å². The zero-order chi connectivity index (χ0) is 18.7. The molecule has 3 aromatic rings. The van der Waals surface area contributed by atoms with Gasteiger partial charge in [0.25, 0.3) is 0 Å². The van der Waals surface area contributed by atoms with E-state index < -0.39 is 17.5 Å². The van der Waals surface area contributed by atoms with E-state index in [0.717, 1.165) is 11.1 Å². The minimum Gasteiger partial charge on any atom is -0.504 e. The van der Waals surface area contributed by atoms with Crippen molar-refractivity contribution in [3.05, 3.63) is 59.8 Å². The highest BCUT2D eigenvalue weighted by molar-refractivity contribution is 6.02. The van der Waals surface area contributed by atoms with E-state index in [1.54, 1.807) is 12.1 Å². The quantitative estimate of drug-likeness (QED) is 0.684. The van der Waals surface area contributed by atoms with Gasteiger partial charge < -0.3 is 10.2 Å². The Hall–Kier alpha value is -3.72. The van der Waals surface area contributed by atoms with Gasteiger partial charge in [0.15, 0.2) is 11.5 Å².